The Morgan fingerprint density at radius 2 is 2.40 bits per heavy atom. The number of halogens is 1. The van der Waals surface area contributed by atoms with Gasteiger partial charge in [-0.15, -0.1) is 12.4 Å². The maximum absolute atomic E-state index is 10.0. The predicted molar refractivity (Wildman–Crippen MR) is 37.9 cm³/mol. The smallest absolute Gasteiger partial charge is 0.0429 e. The first-order valence-electron chi connectivity index (χ1n) is 3.22. The van der Waals surface area contributed by atoms with Gasteiger partial charge in [-0.05, 0) is 19.4 Å². The summed E-state index contributed by atoms with van der Waals surface area (Å²) in [5.41, 5.74) is 0. The molecule has 1 rings (SSSR count). The lowest BCUT2D eigenvalue weighted by atomic mass is 10.2. The van der Waals surface area contributed by atoms with E-state index in [1.165, 1.54) is 0 Å². The van der Waals surface area contributed by atoms with Crippen LogP contribution in [0, 0.1) is 0 Å². The molecular weight excluding hydrogens is 154 g/mol. The molecule has 0 amide bonds. The fourth-order valence-corrected chi connectivity index (χ4v) is 1.13. The van der Waals surface area contributed by atoms with E-state index in [-0.39, 0.29) is 24.9 Å². The fraction of sp³-hybridized carbons (Fsp3) is 0.833. The number of carbonyl (C=O) groups is 1. The van der Waals surface area contributed by atoms with Gasteiger partial charge in [0.15, 0.2) is 0 Å². The molecule has 0 radical (unpaired) electrons. The summed E-state index contributed by atoms with van der Waals surface area (Å²) in [7, 11) is 0. The molecule has 1 atom stereocenters. The molecule has 1 aliphatic heterocycles. The van der Waals surface area contributed by atoms with Crippen molar-refractivity contribution in [2.24, 2.45) is 0 Å². The van der Waals surface area contributed by atoms with Crippen molar-refractivity contribution in [3.8, 4) is 0 Å². The van der Waals surface area contributed by atoms with E-state index in [9.17, 15) is 9.90 Å². The Labute approximate surface area is 66.2 Å². The van der Waals surface area contributed by atoms with Gasteiger partial charge in [0, 0.05) is 18.4 Å². The van der Waals surface area contributed by atoms with Crippen LogP contribution >= 0.6 is 12.4 Å². The van der Waals surface area contributed by atoms with Crippen LogP contribution in [0.3, 0.4) is 0 Å². The summed E-state index contributed by atoms with van der Waals surface area (Å²) >= 11 is 0. The summed E-state index contributed by atoms with van der Waals surface area (Å²) in [6.45, 7) is 0.956. The summed E-state index contributed by atoms with van der Waals surface area (Å²) in [5, 5.41) is 13.1. The summed E-state index contributed by atoms with van der Waals surface area (Å²) < 4.78 is 0. The minimum absolute atomic E-state index is 0. The van der Waals surface area contributed by atoms with E-state index in [0.29, 0.717) is 0 Å². The van der Waals surface area contributed by atoms with Crippen LogP contribution < -0.4 is 10.4 Å². The van der Waals surface area contributed by atoms with E-state index in [2.05, 4.69) is 5.32 Å². The van der Waals surface area contributed by atoms with E-state index in [0.717, 1.165) is 19.4 Å². The molecule has 0 bridgehead atoms. The summed E-state index contributed by atoms with van der Waals surface area (Å²) in [6.07, 6.45) is 2.24. The Balaban J connectivity index is 0.000000810. The Morgan fingerprint density at radius 1 is 1.70 bits per heavy atom. The normalized spacial score (nSPS) is 23.8. The molecule has 0 saturated carbocycles. The molecule has 1 N–H and O–H groups in total. The SMILES string of the molecule is Cl.O=C([O-])CC1CCCN1. The second-order valence-corrected chi connectivity index (χ2v) is 2.37. The molecule has 1 aliphatic rings. The average molecular weight is 165 g/mol. The fourth-order valence-electron chi connectivity index (χ4n) is 1.13. The van der Waals surface area contributed by atoms with Gasteiger partial charge < -0.3 is 15.2 Å². The summed E-state index contributed by atoms with van der Waals surface area (Å²) in [6, 6.07) is 0.176. The van der Waals surface area contributed by atoms with Gasteiger partial charge in [0.2, 0.25) is 0 Å². The van der Waals surface area contributed by atoms with Crippen molar-refractivity contribution in [3.63, 3.8) is 0 Å². The standard InChI is InChI=1S/C6H11NO2.ClH/c8-6(9)4-5-2-1-3-7-5;/h5,7H,1-4H2,(H,8,9);1H/p-1. The summed E-state index contributed by atoms with van der Waals surface area (Å²) in [4.78, 5) is 10.0. The molecule has 0 aromatic rings. The van der Waals surface area contributed by atoms with Crippen LogP contribution in [-0.4, -0.2) is 18.6 Å². The van der Waals surface area contributed by atoms with Gasteiger partial charge in [-0.1, -0.05) is 0 Å². The summed E-state index contributed by atoms with van der Waals surface area (Å²) in [5.74, 6) is -0.950. The van der Waals surface area contributed by atoms with Crippen LogP contribution in [0.25, 0.3) is 0 Å². The van der Waals surface area contributed by atoms with Gasteiger partial charge >= 0.3 is 0 Å². The number of carbonyl (C=O) groups excluding carboxylic acids is 1. The maximum Gasteiger partial charge on any atom is 0.0429 e. The lowest BCUT2D eigenvalue weighted by molar-refractivity contribution is -0.306. The highest BCUT2D eigenvalue weighted by molar-refractivity contribution is 5.85. The molecule has 0 spiro atoms. The van der Waals surface area contributed by atoms with Gasteiger partial charge in [-0.2, -0.15) is 0 Å². The van der Waals surface area contributed by atoms with Crippen molar-refractivity contribution in [2.45, 2.75) is 25.3 Å². The van der Waals surface area contributed by atoms with E-state index in [4.69, 9.17) is 0 Å². The quantitative estimate of drug-likeness (QED) is 0.587. The van der Waals surface area contributed by atoms with Gasteiger partial charge in [-0.25, -0.2) is 0 Å². The van der Waals surface area contributed by atoms with Crippen LogP contribution in [0.2, 0.25) is 0 Å². The molecule has 1 fully saturated rings. The second-order valence-electron chi connectivity index (χ2n) is 2.37. The van der Waals surface area contributed by atoms with Crippen molar-refractivity contribution >= 4 is 18.4 Å². The zero-order valence-electron chi connectivity index (χ0n) is 5.63. The van der Waals surface area contributed by atoms with Crippen molar-refractivity contribution in [2.75, 3.05) is 6.54 Å². The van der Waals surface area contributed by atoms with E-state index >= 15 is 0 Å². The van der Waals surface area contributed by atoms with Crippen LogP contribution in [0.15, 0.2) is 0 Å². The van der Waals surface area contributed by atoms with Gasteiger partial charge in [-0.3, -0.25) is 0 Å². The number of aliphatic carboxylic acids is 1. The Morgan fingerprint density at radius 3 is 2.80 bits per heavy atom. The minimum Gasteiger partial charge on any atom is -0.550 e. The Kier molecular flexibility index (Phi) is 4.40. The first-order chi connectivity index (χ1) is 4.29. The van der Waals surface area contributed by atoms with Crippen molar-refractivity contribution < 1.29 is 9.90 Å². The molecule has 1 heterocycles. The third-order valence-corrected chi connectivity index (χ3v) is 1.58. The van der Waals surface area contributed by atoms with Crippen LogP contribution in [0.5, 0.6) is 0 Å². The highest BCUT2D eigenvalue weighted by Crippen LogP contribution is 2.06. The van der Waals surface area contributed by atoms with Crippen molar-refractivity contribution in [3.05, 3.63) is 0 Å². The zero-order valence-corrected chi connectivity index (χ0v) is 6.45. The molecule has 1 saturated heterocycles. The number of hydrogen-bond acceptors (Lipinski definition) is 3. The van der Waals surface area contributed by atoms with Crippen molar-refractivity contribution in [1.29, 1.82) is 0 Å². The number of carboxylic acids is 1. The number of carboxylic acid groups (broad SMARTS) is 1. The number of nitrogens with one attached hydrogen (secondary N) is 1. The van der Waals surface area contributed by atoms with Crippen LogP contribution in [0.4, 0.5) is 0 Å². The van der Waals surface area contributed by atoms with Crippen LogP contribution in [0.1, 0.15) is 19.3 Å². The molecule has 4 heteroatoms. The molecular formula is C6H11ClNO2-. The average Bonchev–Trinajstić information content (AvgIpc) is 2.15. The van der Waals surface area contributed by atoms with Gasteiger partial charge in [0.25, 0.3) is 0 Å². The minimum atomic E-state index is -0.950. The topological polar surface area (TPSA) is 52.2 Å². The first-order valence-corrected chi connectivity index (χ1v) is 3.22. The van der Waals surface area contributed by atoms with E-state index in [1.807, 2.05) is 0 Å². The third kappa shape index (κ3) is 3.03. The molecule has 3 nitrogen and oxygen atoms in total. The van der Waals surface area contributed by atoms with Crippen LogP contribution in [-0.2, 0) is 4.79 Å². The largest absolute Gasteiger partial charge is 0.550 e. The van der Waals surface area contributed by atoms with Crippen molar-refractivity contribution in [1.82, 2.24) is 5.32 Å². The second kappa shape index (κ2) is 4.52. The van der Waals surface area contributed by atoms with Gasteiger partial charge in [0.1, 0.15) is 0 Å². The molecule has 60 valence electrons. The Hall–Kier alpha value is -0.280. The number of hydrogen-bond donors (Lipinski definition) is 1. The predicted octanol–water partition coefficient (Wildman–Crippen LogP) is -0.700. The highest BCUT2D eigenvalue weighted by Gasteiger charge is 2.12. The molecule has 0 aromatic carbocycles. The lowest BCUT2D eigenvalue weighted by Gasteiger charge is -2.08. The number of rotatable bonds is 2. The molecule has 0 aromatic heterocycles. The molecule has 0 aliphatic carbocycles. The molecule has 10 heavy (non-hydrogen) atoms. The first kappa shape index (κ1) is 9.72. The highest BCUT2D eigenvalue weighted by atomic mass is 35.5. The molecule has 1 unspecified atom stereocenters. The Bertz CT molecular complexity index is 112. The van der Waals surface area contributed by atoms with Gasteiger partial charge in [0.05, 0.1) is 0 Å². The van der Waals surface area contributed by atoms with E-state index in [1.54, 1.807) is 0 Å². The zero-order chi connectivity index (χ0) is 6.69. The maximum atomic E-state index is 10.0. The third-order valence-electron chi connectivity index (χ3n) is 1.58. The monoisotopic (exact) mass is 164 g/mol. The van der Waals surface area contributed by atoms with E-state index < -0.39 is 5.97 Å². The lowest BCUT2D eigenvalue weighted by Crippen LogP contribution is -2.32.